The first-order chi connectivity index (χ1) is 14.5. The molecule has 0 bridgehead atoms. The van der Waals surface area contributed by atoms with Gasteiger partial charge in [0.05, 0.1) is 17.2 Å². The normalized spacial score (nSPS) is 10.7. The molecule has 6 heteroatoms. The highest BCUT2D eigenvalue weighted by atomic mass is 16.5. The number of aryl methyl sites for hydroxylation is 1. The summed E-state index contributed by atoms with van der Waals surface area (Å²) < 4.78 is 7.12. The fraction of sp³-hybridized carbons (Fsp3) is 0.125. The standard InChI is InChI=1S/C24H21N3O3/c1-17-7-6-10-21-23(17)25-16-27(24(21)29)15-22(28)26(2)18-11-13-20(14-12-18)30-19-8-4-3-5-9-19/h3-14,16H,15H2,1-2H3. The van der Waals surface area contributed by atoms with Gasteiger partial charge in [0.1, 0.15) is 18.0 Å². The number of fused-ring (bicyclic) bond motifs is 1. The van der Waals surface area contributed by atoms with Crippen LogP contribution >= 0.6 is 0 Å². The Labute approximate surface area is 174 Å². The number of benzene rings is 3. The number of aromatic nitrogens is 2. The lowest BCUT2D eigenvalue weighted by Gasteiger charge is -2.18. The van der Waals surface area contributed by atoms with Crippen LogP contribution < -0.4 is 15.2 Å². The van der Waals surface area contributed by atoms with Crippen LogP contribution in [-0.4, -0.2) is 22.5 Å². The Morgan fingerprint density at radius 1 is 0.967 bits per heavy atom. The number of para-hydroxylation sites is 2. The molecule has 0 saturated heterocycles. The maximum Gasteiger partial charge on any atom is 0.261 e. The molecule has 1 aromatic heterocycles. The van der Waals surface area contributed by atoms with E-state index in [1.807, 2.05) is 49.4 Å². The second-order valence-electron chi connectivity index (χ2n) is 7.01. The van der Waals surface area contributed by atoms with E-state index >= 15 is 0 Å². The van der Waals surface area contributed by atoms with Crippen molar-refractivity contribution in [3.05, 3.63) is 95.0 Å². The number of ether oxygens (including phenoxy) is 1. The molecule has 4 rings (SSSR count). The highest BCUT2D eigenvalue weighted by Crippen LogP contribution is 2.24. The highest BCUT2D eigenvalue weighted by molar-refractivity contribution is 5.93. The molecule has 0 N–H and O–H groups in total. The van der Waals surface area contributed by atoms with Gasteiger partial charge in [0.25, 0.3) is 5.56 Å². The van der Waals surface area contributed by atoms with Crippen LogP contribution in [0.4, 0.5) is 5.69 Å². The molecular formula is C24H21N3O3. The van der Waals surface area contributed by atoms with Crippen LogP contribution in [0.2, 0.25) is 0 Å². The summed E-state index contributed by atoms with van der Waals surface area (Å²) in [6, 6.07) is 22.2. The monoisotopic (exact) mass is 399 g/mol. The number of nitrogens with zero attached hydrogens (tertiary/aromatic N) is 3. The molecule has 3 aromatic carbocycles. The van der Waals surface area contributed by atoms with E-state index in [1.165, 1.54) is 15.8 Å². The molecule has 0 radical (unpaired) electrons. The zero-order valence-corrected chi connectivity index (χ0v) is 16.8. The molecule has 6 nitrogen and oxygen atoms in total. The SMILES string of the molecule is Cc1cccc2c(=O)n(CC(=O)N(C)c3ccc(Oc4ccccc4)cc3)cnc12. The number of rotatable bonds is 5. The minimum absolute atomic E-state index is 0.0888. The van der Waals surface area contributed by atoms with Gasteiger partial charge in [-0.15, -0.1) is 0 Å². The molecule has 0 unspecified atom stereocenters. The van der Waals surface area contributed by atoms with Crippen molar-refractivity contribution < 1.29 is 9.53 Å². The van der Waals surface area contributed by atoms with Gasteiger partial charge in [0.2, 0.25) is 5.91 Å². The third-order valence-electron chi connectivity index (χ3n) is 4.94. The number of hydrogen-bond donors (Lipinski definition) is 0. The van der Waals surface area contributed by atoms with Crippen molar-refractivity contribution in [2.45, 2.75) is 13.5 Å². The lowest BCUT2D eigenvalue weighted by molar-refractivity contribution is -0.118. The van der Waals surface area contributed by atoms with Crippen LogP contribution in [0, 0.1) is 6.92 Å². The molecule has 0 aliphatic rings. The molecule has 0 aliphatic carbocycles. The van der Waals surface area contributed by atoms with Gasteiger partial charge in [-0.2, -0.15) is 0 Å². The van der Waals surface area contributed by atoms with Crippen LogP contribution in [-0.2, 0) is 11.3 Å². The molecule has 150 valence electrons. The highest BCUT2D eigenvalue weighted by Gasteiger charge is 2.14. The number of likely N-dealkylation sites (N-methyl/N-ethyl adjacent to an activating group) is 1. The van der Waals surface area contributed by atoms with Gasteiger partial charge < -0.3 is 9.64 Å². The van der Waals surface area contributed by atoms with Gasteiger partial charge in [0.15, 0.2) is 0 Å². The first-order valence-corrected chi connectivity index (χ1v) is 9.57. The Morgan fingerprint density at radius 2 is 1.67 bits per heavy atom. The first kappa shape index (κ1) is 19.4. The second-order valence-corrected chi connectivity index (χ2v) is 7.01. The van der Waals surface area contributed by atoms with Crippen molar-refractivity contribution in [3.8, 4) is 11.5 Å². The van der Waals surface area contributed by atoms with E-state index in [2.05, 4.69) is 4.98 Å². The molecule has 4 aromatic rings. The number of carbonyl (C=O) groups excluding carboxylic acids is 1. The minimum atomic E-state index is -0.225. The van der Waals surface area contributed by atoms with Crippen LogP contribution in [0.1, 0.15) is 5.56 Å². The van der Waals surface area contributed by atoms with Gasteiger partial charge >= 0.3 is 0 Å². The topological polar surface area (TPSA) is 64.4 Å². The number of carbonyl (C=O) groups is 1. The van der Waals surface area contributed by atoms with Crippen LogP contribution in [0.25, 0.3) is 10.9 Å². The first-order valence-electron chi connectivity index (χ1n) is 9.57. The minimum Gasteiger partial charge on any atom is -0.457 e. The van der Waals surface area contributed by atoms with E-state index in [4.69, 9.17) is 4.74 Å². The predicted molar refractivity (Wildman–Crippen MR) is 117 cm³/mol. The summed E-state index contributed by atoms with van der Waals surface area (Å²) in [5, 5.41) is 0.510. The summed E-state index contributed by atoms with van der Waals surface area (Å²) in [6.07, 6.45) is 1.43. The third-order valence-corrected chi connectivity index (χ3v) is 4.94. The summed E-state index contributed by atoms with van der Waals surface area (Å²) in [6.45, 7) is 1.82. The van der Waals surface area contributed by atoms with Crippen LogP contribution in [0.15, 0.2) is 83.9 Å². The molecule has 0 fully saturated rings. The quantitative estimate of drug-likeness (QED) is 0.505. The number of hydrogen-bond acceptors (Lipinski definition) is 4. The number of amides is 1. The average Bonchev–Trinajstić information content (AvgIpc) is 2.77. The van der Waals surface area contributed by atoms with E-state index in [-0.39, 0.29) is 18.0 Å². The molecule has 0 spiro atoms. The molecule has 1 amide bonds. The van der Waals surface area contributed by atoms with E-state index < -0.39 is 0 Å². The van der Waals surface area contributed by atoms with E-state index in [9.17, 15) is 9.59 Å². The van der Waals surface area contributed by atoms with Gasteiger partial charge in [-0.25, -0.2) is 4.98 Å². The molecule has 30 heavy (non-hydrogen) atoms. The zero-order valence-electron chi connectivity index (χ0n) is 16.8. The van der Waals surface area contributed by atoms with Crippen molar-refractivity contribution >= 4 is 22.5 Å². The molecular weight excluding hydrogens is 378 g/mol. The van der Waals surface area contributed by atoms with E-state index in [0.29, 0.717) is 22.3 Å². The predicted octanol–water partition coefficient (Wildman–Crippen LogP) is 4.16. The molecule has 0 atom stereocenters. The van der Waals surface area contributed by atoms with E-state index in [1.54, 1.807) is 37.4 Å². The van der Waals surface area contributed by atoms with Gasteiger partial charge in [-0.1, -0.05) is 30.3 Å². The average molecular weight is 399 g/mol. The van der Waals surface area contributed by atoms with Crippen molar-refractivity contribution in [2.24, 2.45) is 0 Å². The van der Waals surface area contributed by atoms with Crippen LogP contribution in [0.5, 0.6) is 11.5 Å². The summed E-state index contributed by atoms with van der Waals surface area (Å²) >= 11 is 0. The van der Waals surface area contributed by atoms with Crippen molar-refractivity contribution in [1.82, 2.24) is 9.55 Å². The lowest BCUT2D eigenvalue weighted by atomic mass is 10.1. The summed E-state index contributed by atoms with van der Waals surface area (Å²) in [4.78, 5) is 31.3. The van der Waals surface area contributed by atoms with E-state index in [0.717, 1.165) is 11.3 Å². The maximum absolute atomic E-state index is 12.8. The summed E-state index contributed by atoms with van der Waals surface area (Å²) in [5.41, 5.74) is 2.07. The molecule has 1 heterocycles. The van der Waals surface area contributed by atoms with Crippen LogP contribution in [0.3, 0.4) is 0 Å². The molecule has 0 saturated carbocycles. The Hall–Kier alpha value is -3.93. The summed E-state index contributed by atoms with van der Waals surface area (Å²) in [7, 11) is 1.68. The van der Waals surface area contributed by atoms with Gasteiger partial charge in [-0.05, 0) is 55.0 Å². The Bertz CT molecular complexity index is 1250. The number of anilines is 1. The zero-order chi connectivity index (χ0) is 21.1. The second kappa shape index (κ2) is 8.21. The Kier molecular flexibility index (Phi) is 5.30. The maximum atomic E-state index is 12.8. The fourth-order valence-electron chi connectivity index (χ4n) is 3.21. The Balaban J connectivity index is 1.49. The Morgan fingerprint density at radius 3 is 2.40 bits per heavy atom. The van der Waals surface area contributed by atoms with Gasteiger partial charge in [0, 0.05) is 12.7 Å². The fourth-order valence-corrected chi connectivity index (χ4v) is 3.21. The van der Waals surface area contributed by atoms with Crippen molar-refractivity contribution in [3.63, 3.8) is 0 Å². The third kappa shape index (κ3) is 3.93. The van der Waals surface area contributed by atoms with Crippen molar-refractivity contribution in [1.29, 1.82) is 0 Å². The smallest absolute Gasteiger partial charge is 0.261 e. The lowest BCUT2D eigenvalue weighted by Crippen LogP contribution is -2.34. The largest absolute Gasteiger partial charge is 0.457 e. The van der Waals surface area contributed by atoms with Crippen molar-refractivity contribution in [2.75, 3.05) is 11.9 Å². The molecule has 0 aliphatic heterocycles. The van der Waals surface area contributed by atoms with Gasteiger partial charge in [-0.3, -0.25) is 14.2 Å². The summed E-state index contributed by atoms with van der Waals surface area (Å²) in [5.74, 6) is 1.20.